The number of hydrogen-bond acceptors (Lipinski definition) is 3. The molecule has 0 aliphatic rings. The molecule has 3 aromatic rings. The van der Waals surface area contributed by atoms with Crippen LogP contribution in [0.1, 0.15) is 11.4 Å². The second-order valence-corrected chi connectivity index (χ2v) is 6.73. The maximum absolute atomic E-state index is 5.86. The van der Waals surface area contributed by atoms with Crippen LogP contribution >= 0.6 is 23.4 Å². The minimum Gasteiger partial charge on any atom is -0.489 e. The zero-order chi connectivity index (χ0) is 16.9. The summed E-state index contributed by atoms with van der Waals surface area (Å²) in [6, 6.07) is 14.6. The Bertz CT molecular complexity index is 860. The number of fused-ring (bicyclic) bond motifs is 1. The number of aryl methyl sites for hydroxylation is 1. The van der Waals surface area contributed by atoms with Gasteiger partial charge in [-0.2, -0.15) is 5.10 Å². The van der Waals surface area contributed by atoms with E-state index < -0.39 is 0 Å². The molecule has 0 spiro atoms. The van der Waals surface area contributed by atoms with Crippen molar-refractivity contribution in [1.82, 2.24) is 9.78 Å². The summed E-state index contributed by atoms with van der Waals surface area (Å²) in [5, 5.41) is 6.68. The van der Waals surface area contributed by atoms with Gasteiger partial charge in [-0.25, -0.2) is 0 Å². The van der Waals surface area contributed by atoms with Gasteiger partial charge in [-0.05, 0) is 23.6 Å². The summed E-state index contributed by atoms with van der Waals surface area (Å²) in [7, 11) is 1.95. The minimum absolute atomic E-state index is 0.439. The summed E-state index contributed by atoms with van der Waals surface area (Å²) < 4.78 is 7.73. The van der Waals surface area contributed by atoms with E-state index in [9.17, 15) is 0 Å². The van der Waals surface area contributed by atoms with Crippen molar-refractivity contribution in [3.63, 3.8) is 0 Å². The van der Waals surface area contributed by atoms with E-state index in [-0.39, 0.29) is 0 Å². The molecule has 0 unspecified atom stereocenters. The fraction of sp³-hybridized carbons (Fsp3) is 0.211. The molecule has 24 heavy (non-hydrogen) atoms. The standard InChI is InChI=1S/C19H19ClN2OS/c1-3-8-23-19-11-17(9-14-6-4-5-7-18(14)19)24-13-16-10-15(12-20)21-22(16)2/h3-7,9-11H,1,8,12-13H2,2H3. The van der Waals surface area contributed by atoms with Crippen LogP contribution in [0.4, 0.5) is 0 Å². The van der Waals surface area contributed by atoms with Crippen LogP contribution in [0.2, 0.25) is 0 Å². The van der Waals surface area contributed by atoms with Gasteiger partial charge in [0.05, 0.1) is 11.6 Å². The van der Waals surface area contributed by atoms with E-state index in [1.54, 1.807) is 17.8 Å². The zero-order valence-corrected chi connectivity index (χ0v) is 15.1. The first-order valence-electron chi connectivity index (χ1n) is 7.68. The number of rotatable bonds is 7. The number of hydrogen-bond donors (Lipinski definition) is 0. The fourth-order valence-corrected chi connectivity index (χ4v) is 3.65. The lowest BCUT2D eigenvalue weighted by Crippen LogP contribution is -1.97. The summed E-state index contributed by atoms with van der Waals surface area (Å²) >= 11 is 7.62. The smallest absolute Gasteiger partial charge is 0.128 e. The summed E-state index contributed by atoms with van der Waals surface area (Å²) in [4.78, 5) is 1.17. The van der Waals surface area contributed by atoms with Gasteiger partial charge in [0.2, 0.25) is 0 Å². The molecule has 0 aliphatic heterocycles. The van der Waals surface area contributed by atoms with Gasteiger partial charge in [0.1, 0.15) is 12.4 Å². The molecule has 3 rings (SSSR count). The van der Waals surface area contributed by atoms with Gasteiger partial charge >= 0.3 is 0 Å². The quantitative estimate of drug-likeness (QED) is 0.331. The number of thioether (sulfide) groups is 1. The molecule has 124 valence electrons. The van der Waals surface area contributed by atoms with Crippen molar-refractivity contribution in [2.24, 2.45) is 7.05 Å². The van der Waals surface area contributed by atoms with Crippen LogP contribution in [0.3, 0.4) is 0 Å². The first-order chi connectivity index (χ1) is 11.7. The predicted molar refractivity (Wildman–Crippen MR) is 102 cm³/mol. The largest absolute Gasteiger partial charge is 0.489 e. The molecule has 0 N–H and O–H groups in total. The second kappa shape index (κ2) is 7.77. The average molecular weight is 359 g/mol. The van der Waals surface area contributed by atoms with E-state index >= 15 is 0 Å². The molecule has 0 bridgehead atoms. The first-order valence-corrected chi connectivity index (χ1v) is 9.20. The SMILES string of the molecule is C=CCOc1cc(SCc2cc(CCl)nn2C)cc2ccccc12. The molecule has 0 saturated carbocycles. The molecule has 0 fully saturated rings. The van der Waals surface area contributed by atoms with Crippen LogP contribution < -0.4 is 4.74 Å². The van der Waals surface area contributed by atoms with Crippen LogP contribution in [-0.2, 0) is 18.7 Å². The number of alkyl halides is 1. The molecule has 2 aromatic carbocycles. The lowest BCUT2D eigenvalue weighted by Gasteiger charge is -2.11. The molecule has 0 saturated heterocycles. The molecule has 1 aromatic heterocycles. The Hall–Kier alpha value is -1.91. The normalized spacial score (nSPS) is 10.9. The first kappa shape index (κ1) is 16.9. The molecular weight excluding hydrogens is 340 g/mol. The highest BCUT2D eigenvalue weighted by atomic mass is 35.5. The van der Waals surface area contributed by atoms with Crippen molar-refractivity contribution in [1.29, 1.82) is 0 Å². The van der Waals surface area contributed by atoms with Gasteiger partial charge < -0.3 is 4.74 Å². The zero-order valence-electron chi connectivity index (χ0n) is 13.5. The summed E-state index contributed by atoms with van der Waals surface area (Å²) in [5.41, 5.74) is 2.06. The van der Waals surface area contributed by atoms with Crippen LogP contribution in [-0.4, -0.2) is 16.4 Å². The van der Waals surface area contributed by atoms with Crippen molar-refractivity contribution < 1.29 is 4.74 Å². The Morgan fingerprint density at radius 3 is 2.88 bits per heavy atom. The summed E-state index contributed by atoms with van der Waals surface area (Å²) in [6.45, 7) is 4.22. The van der Waals surface area contributed by atoms with Gasteiger partial charge in [0.25, 0.3) is 0 Å². The van der Waals surface area contributed by atoms with Crippen molar-refractivity contribution in [2.75, 3.05) is 6.61 Å². The van der Waals surface area contributed by atoms with Crippen molar-refractivity contribution in [3.8, 4) is 5.75 Å². The Morgan fingerprint density at radius 2 is 2.12 bits per heavy atom. The molecule has 0 atom stereocenters. The Labute approximate surface area is 151 Å². The third kappa shape index (κ3) is 3.77. The molecule has 0 amide bonds. The summed E-state index contributed by atoms with van der Waals surface area (Å²) in [6.07, 6.45) is 1.76. The Balaban J connectivity index is 1.85. The predicted octanol–water partition coefficient (Wildman–Crippen LogP) is 5.17. The Kier molecular flexibility index (Phi) is 5.48. The molecule has 0 radical (unpaired) electrons. The molecule has 3 nitrogen and oxygen atoms in total. The number of halogens is 1. The summed E-state index contributed by atoms with van der Waals surface area (Å²) in [5.74, 6) is 2.16. The fourth-order valence-electron chi connectivity index (χ4n) is 2.53. The van der Waals surface area contributed by atoms with Gasteiger partial charge in [-0.3, -0.25) is 4.68 Å². The molecular formula is C19H19ClN2OS. The number of aromatic nitrogens is 2. The number of nitrogens with zero attached hydrogens (tertiary/aromatic N) is 2. The van der Waals surface area contributed by atoms with Crippen LogP contribution in [0, 0.1) is 0 Å². The highest BCUT2D eigenvalue weighted by molar-refractivity contribution is 7.98. The third-order valence-electron chi connectivity index (χ3n) is 3.71. The lowest BCUT2D eigenvalue weighted by atomic mass is 10.1. The highest BCUT2D eigenvalue weighted by Crippen LogP contribution is 2.33. The van der Waals surface area contributed by atoms with Crippen molar-refractivity contribution >= 4 is 34.1 Å². The third-order valence-corrected chi connectivity index (χ3v) is 4.99. The van der Waals surface area contributed by atoms with E-state index in [1.165, 1.54) is 10.3 Å². The van der Waals surface area contributed by atoms with Gasteiger partial charge in [-0.1, -0.05) is 36.9 Å². The molecule has 0 aliphatic carbocycles. The van der Waals surface area contributed by atoms with E-state index in [0.717, 1.165) is 28.3 Å². The monoisotopic (exact) mass is 358 g/mol. The van der Waals surface area contributed by atoms with E-state index in [2.05, 4.69) is 42.0 Å². The van der Waals surface area contributed by atoms with E-state index in [4.69, 9.17) is 16.3 Å². The maximum atomic E-state index is 5.86. The van der Waals surface area contributed by atoms with E-state index in [0.29, 0.717) is 12.5 Å². The van der Waals surface area contributed by atoms with Crippen molar-refractivity contribution in [2.45, 2.75) is 16.5 Å². The van der Waals surface area contributed by atoms with Crippen LogP contribution in [0.5, 0.6) is 5.75 Å². The van der Waals surface area contributed by atoms with Gasteiger partial charge in [-0.15, -0.1) is 23.4 Å². The molecule has 5 heteroatoms. The van der Waals surface area contributed by atoms with Crippen molar-refractivity contribution in [3.05, 3.63) is 66.5 Å². The minimum atomic E-state index is 0.439. The Morgan fingerprint density at radius 1 is 1.29 bits per heavy atom. The lowest BCUT2D eigenvalue weighted by molar-refractivity contribution is 0.367. The molecule has 1 heterocycles. The number of benzene rings is 2. The highest BCUT2D eigenvalue weighted by Gasteiger charge is 2.08. The topological polar surface area (TPSA) is 27.1 Å². The second-order valence-electron chi connectivity index (χ2n) is 5.42. The maximum Gasteiger partial charge on any atom is 0.128 e. The van der Waals surface area contributed by atoms with Gasteiger partial charge in [0, 0.05) is 28.8 Å². The van der Waals surface area contributed by atoms with E-state index in [1.807, 2.05) is 23.9 Å². The average Bonchev–Trinajstić information content (AvgIpc) is 2.98. The van der Waals surface area contributed by atoms with Crippen LogP contribution in [0.15, 0.2) is 60.0 Å². The van der Waals surface area contributed by atoms with Crippen LogP contribution in [0.25, 0.3) is 10.8 Å². The van der Waals surface area contributed by atoms with Gasteiger partial charge in [0.15, 0.2) is 0 Å². The number of ether oxygens (including phenoxy) is 1.